The number of hydrogen-bond acceptors (Lipinski definition) is 4. The molecule has 0 radical (unpaired) electrons. The molecule has 1 rings (SSSR count). The van der Waals surface area contributed by atoms with E-state index in [1.165, 1.54) is 24.9 Å². The van der Waals surface area contributed by atoms with E-state index in [9.17, 15) is 4.79 Å². The molecule has 5 heteroatoms. The minimum absolute atomic E-state index is 0.0896. The average Bonchev–Trinajstić information content (AvgIpc) is 2.30. The lowest BCUT2D eigenvalue weighted by Gasteiger charge is -1.94. The van der Waals surface area contributed by atoms with Crippen molar-refractivity contribution in [1.29, 1.82) is 5.26 Å². The minimum atomic E-state index is 0.0896. The molecule has 0 atom stereocenters. The molecule has 0 saturated heterocycles. The highest BCUT2D eigenvalue weighted by Gasteiger charge is 2.00. The predicted molar refractivity (Wildman–Crippen MR) is 68.6 cm³/mol. The van der Waals surface area contributed by atoms with Crippen molar-refractivity contribution in [2.75, 3.05) is 5.75 Å². The summed E-state index contributed by atoms with van der Waals surface area (Å²) in [4.78, 5) is 14.5. The van der Waals surface area contributed by atoms with Crippen LogP contribution in [-0.4, -0.2) is 15.9 Å². The zero-order valence-electron chi connectivity index (χ0n) is 9.16. The Morgan fingerprint density at radius 2 is 2.41 bits per heavy atom. The number of pyridine rings is 1. The normalized spacial score (nSPS) is 9.00. The summed E-state index contributed by atoms with van der Waals surface area (Å²) in [5.41, 5.74) is 0.968. The molecule has 0 bridgehead atoms. The van der Waals surface area contributed by atoms with Gasteiger partial charge in [0, 0.05) is 30.9 Å². The molecule has 1 heterocycles. The van der Waals surface area contributed by atoms with E-state index < -0.39 is 0 Å². The standard InChI is InChI=1S/C12H9ClN2OS/c1-9(16)17-5-3-2-4-10-6-11(7-14)12(13)15-8-10/h6,8H,3,5H2,1H3. The van der Waals surface area contributed by atoms with Crippen LogP contribution in [0, 0.1) is 23.2 Å². The molecule has 0 aromatic carbocycles. The second-order valence-corrected chi connectivity index (χ2v) is 4.70. The van der Waals surface area contributed by atoms with Crippen LogP contribution < -0.4 is 0 Å². The van der Waals surface area contributed by atoms with Gasteiger partial charge in [0.05, 0.1) is 5.56 Å². The van der Waals surface area contributed by atoms with Crippen LogP contribution in [0.4, 0.5) is 0 Å². The van der Waals surface area contributed by atoms with Crippen molar-refractivity contribution < 1.29 is 4.79 Å². The van der Waals surface area contributed by atoms with Crippen LogP contribution in [0.15, 0.2) is 12.3 Å². The summed E-state index contributed by atoms with van der Waals surface area (Å²) in [6, 6.07) is 3.54. The van der Waals surface area contributed by atoms with Gasteiger partial charge in [-0.1, -0.05) is 35.2 Å². The number of carbonyl (C=O) groups excluding carboxylic acids is 1. The lowest BCUT2D eigenvalue weighted by Crippen LogP contribution is -1.86. The fourth-order valence-electron chi connectivity index (χ4n) is 1.01. The van der Waals surface area contributed by atoms with E-state index in [1.807, 2.05) is 6.07 Å². The Bertz CT molecular complexity index is 526. The van der Waals surface area contributed by atoms with Crippen molar-refractivity contribution in [1.82, 2.24) is 4.98 Å². The second kappa shape index (κ2) is 6.96. The Labute approximate surface area is 109 Å². The number of hydrogen-bond donors (Lipinski definition) is 0. The lowest BCUT2D eigenvalue weighted by atomic mass is 10.2. The van der Waals surface area contributed by atoms with Crippen LogP contribution in [0.5, 0.6) is 0 Å². The maximum absolute atomic E-state index is 10.7. The number of nitrogens with zero attached hydrogens (tertiary/aromatic N) is 2. The van der Waals surface area contributed by atoms with E-state index >= 15 is 0 Å². The van der Waals surface area contributed by atoms with E-state index in [2.05, 4.69) is 16.8 Å². The van der Waals surface area contributed by atoms with E-state index in [1.54, 1.807) is 6.07 Å². The predicted octanol–water partition coefficient (Wildman–Crippen LogP) is 2.63. The van der Waals surface area contributed by atoms with Gasteiger partial charge in [-0.15, -0.1) is 0 Å². The van der Waals surface area contributed by atoms with Gasteiger partial charge in [-0.25, -0.2) is 4.98 Å². The number of thioether (sulfide) groups is 1. The summed E-state index contributed by atoms with van der Waals surface area (Å²) in [6.45, 7) is 1.53. The maximum atomic E-state index is 10.7. The van der Waals surface area contributed by atoms with E-state index in [-0.39, 0.29) is 10.3 Å². The summed E-state index contributed by atoms with van der Waals surface area (Å²) >= 11 is 6.94. The number of aromatic nitrogens is 1. The molecule has 0 amide bonds. The fraction of sp³-hybridized carbons (Fsp3) is 0.250. The van der Waals surface area contributed by atoms with Gasteiger partial charge in [-0.2, -0.15) is 5.26 Å². The minimum Gasteiger partial charge on any atom is -0.288 e. The highest BCUT2D eigenvalue weighted by molar-refractivity contribution is 8.13. The SMILES string of the molecule is CC(=O)SCCC#Cc1cnc(Cl)c(C#N)c1. The van der Waals surface area contributed by atoms with Crippen LogP contribution >= 0.6 is 23.4 Å². The summed E-state index contributed by atoms with van der Waals surface area (Å²) in [5, 5.41) is 9.03. The molecular formula is C12H9ClN2OS. The molecule has 1 aromatic rings. The molecule has 1 aromatic heterocycles. The van der Waals surface area contributed by atoms with Gasteiger partial charge in [0.15, 0.2) is 5.12 Å². The van der Waals surface area contributed by atoms with Crippen molar-refractivity contribution in [3.63, 3.8) is 0 Å². The largest absolute Gasteiger partial charge is 0.288 e. The zero-order chi connectivity index (χ0) is 12.7. The van der Waals surface area contributed by atoms with Crippen molar-refractivity contribution in [3.8, 4) is 17.9 Å². The highest BCUT2D eigenvalue weighted by Crippen LogP contribution is 2.12. The number of nitriles is 1. The Balaban J connectivity index is 2.61. The third kappa shape index (κ3) is 4.91. The molecule has 0 aliphatic carbocycles. The summed E-state index contributed by atoms with van der Waals surface area (Å²) in [7, 11) is 0. The van der Waals surface area contributed by atoms with Gasteiger partial charge in [0.25, 0.3) is 0 Å². The van der Waals surface area contributed by atoms with Crippen LogP contribution in [0.1, 0.15) is 24.5 Å². The Hall–Kier alpha value is -1.49. The molecule has 0 aliphatic rings. The first-order valence-corrected chi connectivity index (χ1v) is 6.17. The molecule has 17 heavy (non-hydrogen) atoms. The molecule has 0 fully saturated rings. The molecular weight excluding hydrogens is 256 g/mol. The highest BCUT2D eigenvalue weighted by atomic mass is 35.5. The molecule has 0 N–H and O–H groups in total. The third-order valence-electron chi connectivity index (χ3n) is 1.72. The topological polar surface area (TPSA) is 53.8 Å². The van der Waals surface area contributed by atoms with E-state index in [4.69, 9.17) is 16.9 Å². The van der Waals surface area contributed by atoms with Crippen LogP contribution in [-0.2, 0) is 4.79 Å². The van der Waals surface area contributed by atoms with Gasteiger partial charge in [0.1, 0.15) is 11.2 Å². The maximum Gasteiger partial charge on any atom is 0.185 e. The Morgan fingerprint density at radius 3 is 3.06 bits per heavy atom. The first-order valence-electron chi connectivity index (χ1n) is 4.81. The Morgan fingerprint density at radius 1 is 1.65 bits per heavy atom. The number of carbonyl (C=O) groups is 1. The molecule has 86 valence electrons. The molecule has 0 spiro atoms. The number of halogens is 1. The van der Waals surface area contributed by atoms with Crippen molar-refractivity contribution in [2.24, 2.45) is 0 Å². The zero-order valence-corrected chi connectivity index (χ0v) is 10.7. The quantitative estimate of drug-likeness (QED) is 0.468. The van der Waals surface area contributed by atoms with Gasteiger partial charge in [0.2, 0.25) is 0 Å². The van der Waals surface area contributed by atoms with Crippen molar-refractivity contribution in [2.45, 2.75) is 13.3 Å². The van der Waals surface area contributed by atoms with Crippen molar-refractivity contribution in [3.05, 3.63) is 28.5 Å². The summed E-state index contributed by atoms with van der Waals surface area (Å²) in [5.74, 6) is 6.46. The van der Waals surface area contributed by atoms with E-state index in [0.29, 0.717) is 23.3 Å². The summed E-state index contributed by atoms with van der Waals surface area (Å²) in [6.07, 6.45) is 2.14. The second-order valence-electron chi connectivity index (χ2n) is 3.07. The van der Waals surface area contributed by atoms with Gasteiger partial charge in [-0.3, -0.25) is 4.79 Å². The summed E-state index contributed by atoms with van der Waals surface area (Å²) < 4.78 is 0. The molecule has 0 saturated carbocycles. The van der Waals surface area contributed by atoms with Crippen LogP contribution in [0.2, 0.25) is 5.15 Å². The van der Waals surface area contributed by atoms with Gasteiger partial charge in [-0.05, 0) is 6.07 Å². The molecule has 0 aliphatic heterocycles. The first-order chi connectivity index (χ1) is 8.13. The number of rotatable bonds is 2. The van der Waals surface area contributed by atoms with Crippen LogP contribution in [0.3, 0.4) is 0 Å². The first kappa shape index (κ1) is 13.6. The van der Waals surface area contributed by atoms with Gasteiger partial charge < -0.3 is 0 Å². The lowest BCUT2D eigenvalue weighted by molar-refractivity contribution is -0.109. The van der Waals surface area contributed by atoms with Crippen molar-refractivity contribution >= 4 is 28.5 Å². The van der Waals surface area contributed by atoms with Crippen LogP contribution in [0.25, 0.3) is 0 Å². The van der Waals surface area contributed by atoms with Gasteiger partial charge >= 0.3 is 0 Å². The third-order valence-corrected chi connectivity index (χ3v) is 2.84. The monoisotopic (exact) mass is 264 g/mol. The molecule has 3 nitrogen and oxygen atoms in total. The fourth-order valence-corrected chi connectivity index (χ4v) is 1.64. The average molecular weight is 265 g/mol. The Kier molecular flexibility index (Phi) is 5.56. The smallest absolute Gasteiger partial charge is 0.185 e. The molecule has 0 unspecified atom stereocenters. The van der Waals surface area contributed by atoms with E-state index in [0.717, 1.165) is 0 Å².